The molecule has 0 aromatic carbocycles. The van der Waals surface area contributed by atoms with Crippen molar-refractivity contribution in [3.05, 3.63) is 35.7 Å². The molecule has 5 nitrogen and oxygen atoms in total. The minimum Gasteiger partial charge on any atom is -0.368 e. The molecule has 0 bridgehead atoms. The number of anilines is 2. The van der Waals surface area contributed by atoms with Crippen molar-refractivity contribution >= 4 is 11.6 Å². The number of nitrogens with zero attached hydrogens (tertiary/aromatic N) is 3. The number of nitrogens with one attached hydrogen (secondary N) is 2. The highest BCUT2D eigenvalue weighted by molar-refractivity contribution is 5.47. The van der Waals surface area contributed by atoms with Crippen molar-refractivity contribution in [2.24, 2.45) is 7.05 Å². The van der Waals surface area contributed by atoms with Gasteiger partial charge in [-0.05, 0) is 13.0 Å². The summed E-state index contributed by atoms with van der Waals surface area (Å²) in [5.74, 6) is -1.29. The quantitative estimate of drug-likeness (QED) is 0.852. The van der Waals surface area contributed by atoms with Crippen LogP contribution in [0.25, 0.3) is 0 Å². The van der Waals surface area contributed by atoms with E-state index in [4.69, 9.17) is 0 Å². The minimum atomic E-state index is -0.700. The summed E-state index contributed by atoms with van der Waals surface area (Å²) in [6, 6.07) is 2.72. The highest BCUT2D eigenvalue weighted by atomic mass is 19.1. The maximum Gasteiger partial charge on any atom is 0.168 e. The monoisotopic (exact) mass is 281 g/mol. The van der Waals surface area contributed by atoms with Gasteiger partial charge in [0.1, 0.15) is 0 Å². The molecule has 7 heteroatoms. The number of aromatic nitrogens is 3. The van der Waals surface area contributed by atoms with Crippen LogP contribution in [0.2, 0.25) is 0 Å². The van der Waals surface area contributed by atoms with E-state index in [9.17, 15) is 8.78 Å². The Hall–Kier alpha value is -2.18. The molecular weight excluding hydrogens is 264 g/mol. The van der Waals surface area contributed by atoms with Crippen LogP contribution in [-0.4, -0.2) is 27.9 Å². The third kappa shape index (κ3) is 3.23. The minimum absolute atomic E-state index is 0.0459. The maximum atomic E-state index is 13.6. The number of pyridine rings is 1. The molecule has 2 N–H and O–H groups in total. The number of halogens is 2. The standard InChI is InChI=1S/C13H17F2N5/c1-3-16-12-10(14)8-11(15)13(19-12)17-6-4-9-5-7-18-20(9)2/h5,7-8H,3-4,6H2,1-2H3,(H2,16,17,19). The van der Waals surface area contributed by atoms with E-state index >= 15 is 0 Å². The number of hydrogen-bond donors (Lipinski definition) is 2. The van der Waals surface area contributed by atoms with E-state index in [2.05, 4.69) is 20.7 Å². The summed E-state index contributed by atoms with van der Waals surface area (Å²) in [4.78, 5) is 3.91. The third-order valence-electron chi connectivity index (χ3n) is 2.87. The normalized spacial score (nSPS) is 10.6. The van der Waals surface area contributed by atoms with Crippen molar-refractivity contribution in [3.63, 3.8) is 0 Å². The molecule has 20 heavy (non-hydrogen) atoms. The summed E-state index contributed by atoms with van der Waals surface area (Å²) in [7, 11) is 1.84. The second kappa shape index (κ2) is 6.31. The summed E-state index contributed by atoms with van der Waals surface area (Å²) in [6.07, 6.45) is 2.38. The molecule has 108 valence electrons. The van der Waals surface area contributed by atoms with Crippen molar-refractivity contribution in [1.29, 1.82) is 0 Å². The van der Waals surface area contributed by atoms with Crippen molar-refractivity contribution in [3.8, 4) is 0 Å². The predicted octanol–water partition coefficient (Wildman–Crippen LogP) is 2.18. The van der Waals surface area contributed by atoms with Gasteiger partial charge in [-0.3, -0.25) is 4.68 Å². The third-order valence-corrected chi connectivity index (χ3v) is 2.87. The molecule has 0 spiro atoms. The van der Waals surface area contributed by atoms with Crippen LogP contribution < -0.4 is 10.6 Å². The van der Waals surface area contributed by atoms with E-state index in [1.54, 1.807) is 10.9 Å². The summed E-state index contributed by atoms with van der Waals surface area (Å²) in [5, 5.41) is 9.67. The molecule has 2 aromatic rings. The van der Waals surface area contributed by atoms with Gasteiger partial charge in [-0.25, -0.2) is 13.8 Å². The molecule has 0 saturated heterocycles. The first-order valence-corrected chi connectivity index (χ1v) is 6.42. The van der Waals surface area contributed by atoms with Gasteiger partial charge in [-0.15, -0.1) is 0 Å². The SMILES string of the molecule is CCNc1nc(NCCc2ccnn2C)c(F)cc1F. The van der Waals surface area contributed by atoms with Crippen molar-refractivity contribution in [1.82, 2.24) is 14.8 Å². The van der Waals surface area contributed by atoms with Gasteiger partial charge in [0.15, 0.2) is 23.3 Å². The van der Waals surface area contributed by atoms with E-state index in [-0.39, 0.29) is 11.6 Å². The molecule has 0 fully saturated rings. The lowest BCUT2D eigenvalue weighted by molar-refractivity contribution is 0.578. The van der Waals surface area contributed by atoms with Gasteiger partial charge in [0.2, 0.25) is 0 Å². The van der Waals surface area contributed by atoms with Crippen LogP contribution in [0.15, 0.2) is 18.3 Å². The fraction of sp³-hybridized carbons (Fsp3) is 0.385. The number of rotatable bonds is 6. The Morgan fingerprint density at radius 2 is 1.90 bits per heavy atom. The summed E-state index contributed by atoms with van der Waals surface area (Å²) >= 11 is 0. The topological polar surface area (TPSA) is 54.8 Å². The van der Waals surface area contributed by atoms with Crippen molar-refractivity contribution in [2.45, 2.75) is 13.3 Å². The number of hydrogen-bond acceptors (Lipinski definition) is 4. The smallest absolute Gasteiger partial charge is 0.168 e. The first-order valence-electron chi connectivity index (χ1n) is 6.42. The highest BCUT2D eigenvalue weighted by Crippen LogP contribution is 2.18. The molecule has 2 rings (SSSR count). The average Bonchev–Trinajstić information content (AvgIpc) is 2.81. The van der Waals surface area contributed by atoms with Crippen LogP contribution in [0.1, 0.15) is 12.6 Å². The molecule has 0 radical (unpaired) electrons. The Kier molecular flexibility index (Phi) is 4.49. The molecule has 0 amide bonds. The van der Waals surface area contributed by atoms with Gasteiger partial charge in [0, 0.05) is 44.5 Å². The Balaban J connectivity index is 2.02. The first kappa shape index (κ1) is 14.2. The Labute approximate surface area is 116 Å². The molecule has 0 unspecified atom stereocenters. The fourth-order valence-corrected chi connectivity index (χ4v) is 1.84. The van der Waals surface area contributed by atoms with Crippen LogP contribution in [0.3, 0.4) is 0 Å². The van der Waals surface area contributed by atoms with E-state index < -0.39 is 11.6 Å². The zero-order chi connectivity index (χ0) is 14.5. The van der Waals surface area contributed by atoms with Crippen LogP contribution in [0, 0.1) is 11.6 Å². The van der Waals surface area contributed by atoms with Gasteiger partial charge in [0.05, 0.1) is 0 Å². The zero-order valence-electron chi connectivity index (χ0n) is 11.5. The van der Waals surface area contributed by atoms with Crippen LogP contribution in [0.4, 0.5) is 20.4 Å². The Bertz CT molecular complexity index is 582. The summed E-state index contributed by atoms with van der Waals surface area (Å²) in [5.41, 5.74) is 1.02. The molecule has 0 saturated carbocycles. The largest absolute Gasteiger partial charge is 0.368 e. The predicted molar refractivity (Wildman–Crippen MR) is 73.7 cm³/mol. The molecule has 0 aliphatic rings. The summed E-state index contributed by atoms with van der Waals surface area (Å²) < 4.78 is 28.8. The van der Waals surface area contributed by atoms with Crippen LogP contribution >= 0.6 is 0 Å². The lowest BCUT2D eigenvalue weighted by Gasteiger charge is -2.10. The van der Waals surface area contributed by atoms with Crippen molar-refractivity contribution < 1.29 is 8.78 Å². The fourth-order valence-electron chi connectivity index (χ4n) is 1.84. The van der Waals surface area contributed by atoms with Gasteiger partial charge in [-0.1, -0.05) is 0 Å². The lowest BCUT2D eigenvalue weighted by Crippen LogP contribution is -2.12. The second-order valence-corrected chi connectivity index (χ2v) is 4.30. The van der Waals surface area contributed by atoms with E-state index in [0.717, 1.165) is 11.8 Å². The summed E-state index contributed by atoms with van der Waals surface area (Å²) in [6.45, 7) is 2.82. The van der Waals surface area contributed by atoms with Crippen molar-refractivity contribution in [2.75, 3.05) is 23.7 Å². The zero-order valence-corrected chi connectivity index (χ0v) is 11.5. The van der Waals surface area contributed by atoms with Crippen LogP contribution in [0.5, 0.6) is 0 Å². The van der Waals surface area contributed by atoms with Gasteiger partial charge in [-0.2, -0.15) is 5.10 Å². The van der Waals surface area contributed by atoms with E-state index in [1.165, 1.54) is 0 Å². The maximum absolute atomic E-state index is 13.6. The highest BCUT2D eigenvalue weighted by Gasteiger charge is 2.11. The van der Waals surface area contributed by atoms with Crippen LogP contribution in [-0.2, 0) is 13.5 Å². The van der Waals surface area contributed by atoms with E-state index in [0.29, 0.717) is 19.5 Å². The lowest BCUT2D eigenvalue weighted by atomic mass is 10.3. The Morgan fingerprint density at radius 3 is 2.50 bits per heavy atom. The molecular formula is C13H17F2N5. The van der Waals surface area contributed by atoms with Gasteiger partial charge < -0.3 is 10.6 Å². The Morgan fingerprint density at radius 1 is 1.20 bits per heavy atom. The van der Waals surface area contributed by atoms with Gasteiger partial charge in [0.25, 0.3) is 0 Å². The average molecular weight is 281 g/mol. The second-order valence-electron chi connectivity index (χ2n) is 4.30. The molecule has 2 heterocycles. The first-order chi connectivity index (χ1) is 9.61. The van der Waals surface area contributed by atoms with Gasteiger partial charge >= 0.3 is 0 Å². The molecule has 0 aliphatic carbocycles. The molecule has 2 aromatic heterocycles. The van der Waals surface area contributed by atoms with E-state index in [1.807, 2.05) is 20.0 Å². The number of aryl methyl sites for hydroxylation is 1. The molecule has 0 aliphatic heterocycles. The molecule has 0 atom stereocenters.